The fourth-order valence-electron chi connectivity index (χ4n) is 3.24. The van der Waals surface area contributed by atoms with Gasteiger partial charge >= 0.3 is 5.97 Å². The van der Waals surface area contributed by atoms with Gasteiger partial charge < -0.3 is 20.5 Å². The van der Waals surface area contributed by atoms with Gasteiger partial charge in [-0.05, 0) is 42.3 Å². The average Bonchev–Trinajstić information content (AvgIpc) is 3.25. The largest absolute Gasteiger partial charge is 0.481 e. The highest BCUT2D eigenvalue weighted by molar-refractivity contribution is 7.10. The molecule has 0 spiro atoms. The molecule has 8 heteroatoms. The molecule has 2 aromatic rings. The van der Waals surface area contributed by atoms with Crippen molar-refractivity contribution in [3.63, 3.8) is 0 Å². The Balaban J connectivity index is 1.81. The molecule has 0 saturated heterocycles. The zero-order valence-corrected chi connectivity index (χ0v) is 18.3. The van der Waals surface area contributed by atoms with Gasteiger partial charge in [-0.1, -0.05) is 36.8 Å². The van der Waals surface area contributed by atoms with Crippen molar-refractivity contribution in [1.29, 1.82) is 0 Å². The Kier molecular flexibility index (Phi) is 9.90. The van der Waals surface area contributed by atoms with Gasteiger partial charge in [0.2, 0.25) is 11.8 Å². The van der Waals surface area contributed by atoms with E-state index < -0.39 is 24.3 Å². The zero-order chi connectivity index (χ0) is 22.6. The first-order valence-corrected chi connectivity index (χ1v) is 11.1. The van der Waals surface area contributed by atoms with Crippen molar-refractivity contribution >= 4 is 35.4 Å². The van der Waals surface area contributed by atoms with Crippen LogP contribution < -0.4 is 10.6 Å². The van der Waals surface area contributed by atoms with Crippen LogP contribution in [-0.2, 0) is 25.6 Å². The maximum absolute atomic E-state index is 12.7. The topological polar surface area (TPSA) is 113 Å². The van der Waals surface area contributed by atoms with E-state index in [0.717, 1.165) is 16.0 Å². The second-order valence-corrected chi connectivity index (χ2v) is 8.35. The van der Waals surface area contributed by atoms with Crippen molar-refractivity contribution in [2.24, 2.45) is 0 Å². The molecule has 0 saturated carbocycles. The van der Waals surface area contributed by atoms with Crippen LogP contribution in [0.5, 0.6) is 0 Å². The van der Waals surface area contributed by atoms with Crippen LogP contribution in [0.3, 0.4) is 0 Å². The van der Waals surface area contributed by atoms with E-state index in [-0.39, 0.29) is 11.8 Å². The van der Waals surface area contributed by atoms with Gasteiger partial charge in [-0.15, -0.1) is 11.3 Å². The van der Waals surface area contributed by atoms with Gasteiger partial charge in [-0.3, -0.25) is 14.4 Å². The molecule has 0 bridgehead atoms. The van der Waals surface area contributed by atoms with E-state index in [4.69, 9.17) is 5.11 Å². The third-order valence-corrected chi connectivity index (χ3v) is 5.93. The predicted octanol–water partition coefficient (Wildman–Crippen LogP) is 2.83. The minimum absolute atomic E-state index is 0.0376. The maximum Gasteiger partial charge on any atom is 0.305 e. The van der Waals surface area contributed by atoms with Gasteiger partial charge in [0.15, 0.2) is 0 Å². The molecule has 0 aliphatic rings. The van der Waals surface area contributed by atoms with Crippen LogP contribution in [0.2, 0.25) is 0 Å². The number of carboxylic acid groups (broad SMARTS) is 1. The van der Waals surface area contributed by atoms with Crippen LogP contribution in [-0.4, -0.2) is 41.8 Å². The number of nitrogens with one attached hydrogen (secondary N) is 2. The lowest BCUT2D eigenvalue weighted by molar-refractivity contribution is -0.139. The summed E-state index contributed by atoms with van der Waals surface area (Å²) in [5.74, 6) is -2.00. The molecule has 2 atom stereocenters. The summed E-state index contributed by atoms with van der Waals surface area (Å²) in [6, 6.07) is 10.4. The highest BCUT2D eigenvalue weighted by atomic mass is 32.1. The van der Waals surface area contributed by atoms with Crippen molar-refractivity contribution in [3.05, 3.63) is 57.8 Å². The number of carbonyl (C=O) groups is 4. The van der Waals surface area contributed by atoms with E-state index in [0.29, 0.717) is 38.5 Å². The van der Waals surface area contributed by atoms with Crippen LogP contribution >= 0.6 is 11.3 Å². The lowest BCUT2D eigenvalue weighted by Crippen LogP contribution is -2.40. The number of amides is 2. The fourth-order valence-corrected chi connectivity index (χ4v) is 4.10. The van der Waals surface area contributed by atoms with E-state index in [9.17, 15) is 19.2 Å². The molecule has 1 heterocycles. The SMILES string of the molecule is Cc1ccccc1CC(=O)NCCCCC(C(=O)N[C@@H](C=O)CC(=O)O)c1cccs1. The van der Waals surface area contributed by atoms with Crippen LogP contribution in [0.4, 0.5) is 0 Å². The van der Waals surface area contributed by atoms with Gasteiger partial charge in [0.05, 0.1) is 24.8 Å². The van der Waals surface area contributed by atoms with Gasteiger partial charge in [-0.25, -0.2) is 0 Å². The second-order valence-electron chi connectivity index (χ2n) is 7.37. The second kappa shape index (κ2) is 12.6. The summed E-state index contributed by atoms with van der Waals surface area (Å²) in [4.78, 5) is 47.6. The molecule has 7 nitrogen and oxygen atoms in total. The molecule has 3 N–H and O–H groups in total. The summed E-state index contributed by atoms with van der Waals surface area (Å²) in [6.07, 6.45) is 2.29. The summed E-state index contributed by atoms with van der Waals surface area (Å²) < 4.78 is 0. The minimum atomic E-state index is -1.15. The van der Waals surface area contributed by atoms with Gasteiger partial charge in [-0.2, -0.15) is 0 Å². The number of unbranched alkanes of at least 4 members (excludes halogenated alkanes) is 1. The van der Waals surface area contributed by atoms with Crippen LogP contribution in [0.25, 0.3) is 0 Å². The number of carboxylic acids is 1. The summed E-state index contributed by atoms with van der Waals surface area (Å²) in [5.41, 5.74) is 2.08. The zero-order valence-electron chi connectivity index (χ0n) is 17.5. The van der Waals surface area contributed by atoms with E-state index in [2.05, 4.69) is 10.6 Å². The standard InChI is InChI=1S/C23H28N2O5S/c1-16-7-2-3-8-17(16)13-21(27)24-11-5-4-9-19(20-10-6-12-31-20)23(30)25-18(15-26)14-22(28)29/h2-3,6-8,10,12,15,18-19H,4-5,9,11,13-14H2,1H3,(H,24,27)(H,25,30)(H,28,29)/t18-,19?/m1/s1. The average molecular weight is 445 g/mol. The van der Waals surface area contributed by atoms with Crippen LogP contribution in [0.1, 0.15) is 47.6 Å². The Morgan fingerprint density at radius 2 is 1.90 bits per heavy atom. The summed E-state index contributed by atoms with van der Waals surface area (Å²) in [7, 11) is 0. The number of thiophene rings is 1. The smallest absolute Gasteiger partial charge is 0.305 e. The van der Waals surface area contributed by atoms with Crippen LogP contribution in [0.15, 0.2) is 41.8 Å². The quantitative estimate of drug-likeness (QED) is 0.325. The molecule has 2 rings (SSSR count). The third-order valence-electron chi connectivity index (χ3n) is 4.94. The molecule has 0 fully saturated rings. The first-order chi connectivity index (χ1) is 14.9. The van der Waals surface area contributed by atoms with Crippen molar-refractivity contribution in [2.45, 2.75) is 51.0 Å². The normalized spacial score (nSPS) is 12.5. The molecule has 1 unspecified atom stereocenters. The number of hydrogen-bond acceptors (Lipinski definition) is 5. The Hall–Kier alpha value is -3.00. The molecule has 31 heavy (non-hydrogen) atoms. The number of aldehydes is 1. The van der Waals surface area contributed by atoms with Gasteiger partial charge in [0, 0.05) is 11.4 Å². The molecular weight excluding hydrogens is 416 g/mol. The number of benzene rings is 1. The summed E-state index contributed by atoms with van der Waals surface area (Å²) in [6.45, 7) is 2.49. The first kappa shape index (κ1) is 24.3. The highest BCUT2D eigenvalue weighted by Gasteiger charge is 2.24. The molecule has 166 valence electrons. The molecule has 0 aliphatic carbocycles. The summed E-state index contributed by atoms with van der Waals surface area (Å²) in [5, 5.41) is 16.2. The van der Waals surface area contributed by atoms with Crippen molar-refractivity contribution in [3.8, 4) is 0 Å². The van der Waals surface area contributed by atoms with Crippen molar-refractivity contribution < 1.29 is 24.3 Å². The molecule has 1 aromatic carbocycles. The number of rotatable bonds is 13. The first-order valence-electron chi connectivity index (χ1n) is 10.2. The van der Waals surface area contributed by atoms with Gasteiger partial charge in [0.1, 0.15) is 6.29 Å². The number of aryl methyl sites for hydroxylation is 1. The van der Waals surface area contributed by atoms with Crippen molar-refractivity contribution in [1.82, 2.24) is 10.6 Å². The van der Waals surface area contributed by atoms with E-state index >= 15 is 0 Å². The third kappa shape index (κ3) is 8.33. The van der Waals surface area contributed by atoms with Crippen molar-refractivity contribution in [2.75, 3.05) is 6.54 Å². The molecule has 1 aromatic heterocycles. The molecular formula is C23H28N2O5S. The number of hydrogen-bond donors (Lipinski definition) is 3. The Labute approximate surface area is 185 Å². The molecule has 0 radical (unpaired) electrons. The highest BCUT2D eigenvalue weighted by Crippen LogP contribution is 2.26. The summed E-state index contributed by atoms with van der Waals surface area (Å²) >= 11 is 1.44. The lowest BCUT2D eigenvalue weighted by atomic mass is 9.98. The maximum atomic E-state index is 12.7. The molecule has 0 aliphatic heterocycles. The number of aliphatic carboxylic acids is 1. The lowest BCUT2D eigenvalue weighted by Gasteiger charge is -2.18. The van der Waals surface area contributed by atoms with Crippen LogP contribution in [0, 0.1) is 6.92 Å². The van der Waals surface area contributed by atoms with E-state index in [1.54, 1.807) is 0 Å². The van der Waals surface area contributed by atoms with Gasteiger partial charge in [0.25, 0.3) is 0 Å². The monoisotopic (exact) mass is 444 g/mol. The Bertz CT molecular complexity index is 882. The Morgan fingerprint density at radius 1 is 1.13 bits per heavy atom. The minimum Gasteiger partial charge on any atom is -0.481 e. The fraction of sp³-hybridized carbons (Fsp3) is 0.391. The van der Waals surface area contributed by atoms with E-state index in [1.165, 1.54) is 11.3 Å². The predicted molar refractivity (Wildman–Crippen MR) is 119 cm³/mol. The number of carbonyl (C=O) groups excluding carboxylic acids is 3. The Morgan fingerprint density at radius 3 is 2.55 bits per heavy atom. The molecule has 2 amide bonds. The van der Waals surface area contributed by atoms with E-state index in [1.807, 2.05) is 48.7 Å².